The second-order valence-electron chi connectivity index (χ2n) is 3.65. The van der Waals surface area contributed by atoms with E-state index in [0.29, 0.717) is 5.15 Å². The van der Waals surface area contributed by atoms with Gasteiger partial charge in [0.05, 0.1) is 18.9 Å². The summed E-state index contributed by atoms with van der Waals surface area (Å²) in [6.45, 7) is 3.21. The third kappa shape index (κ3) is 1.62. The van der Waals surface area contributed by atoms with Crippen LogP contribution in [0.5, 0.6) is 0 Å². The van der Waals surface area contributed by atoms with Crippen LogP contribution in [-0.2, 0) is 4.74 Å². The molecule has 0 radical (unpaired) electrons. The highest BCUT2D eigenvalue weighted by molar-refractivity contribution is 6.29. The number of ether oxygens (including phenoxy) is 1. The molecule has 0 aliphatic carbocycles. The fraction of sp³-hybridized carbons (Fsp3) is 0.400. The summed E-state index contributed by atoms with van der Waals surface area (Å²) < 4.78 is 7.03. The van der Waals surface area contributed by atoms with Gasteiger partial charge in [-0.05, 0) is 0 Å². The van der Waals surface area contributed by atoms with Crippen molar-refractivity contribution in [3.63, 3.8) is 0 Å². The first-order chi connectivity index (χ1) is 7.84. The van der Waals surface area contributed by atoms with Gasteiger partial charge in [-0.2, -0.15) is 5.10 Å². The lowest BCUT2D eigenvalue weighted by atomic mass is 10.3. The zero-order chi connectivity index (χ0) is 11.0. The van der Waals surface area contributed by atoms with E-state index in [9.17, 15) is 0 Å². The predicted octanol–water partition coefficient (Wildman–Crippen LogP) is 1.22. The molecule has 0 unspecified atom stereocenters. The van der Waals surface area contributed by atoms with Crippen molar-refractivity contribution in [1.82, 2.24) is 14.6 Å². The van der Waals surface area contributed by atoms with Crippen LogP contribution in [-0.4, -0.2) is 40.9 Å². The third-order valence-corrected chi connectivity index (χ3v) is 2.85. The van der Waals surface area contributed by atoms with E-state index in [4.69, 9.17) is 16.3 Å². The second kappa shape index (κ2) is 3.92. The van der Waals surface area contributed by atoms with Crippen molar-refractivity contribution in [2.45, 2.75) is 0 Å². The van der Waals surface area contributed by atoms with E-state index in [1.54, 1.807) is 16.9 Å². The summed E-state index contributed by atoms with van der Waals surface area (Å²) in [6.07, 6.45) is 3.52. The number of rotatable bonds is 1. The standard InChI is InChI=1S/C10H11ClN4O/c11-9-7-8(14-3-5-16-6-4-14)10-12-1-2-15(10)13-9/h1-2,7H,3-6H2. The van der Waals surface area contributed by atoms with Crippen molar-refractivity contribution in [3.8, 4) is 0 Å². The lowest BCUT2D eigenvalue weighted by Gasteiger charge is -2.28. The number of imidazole rings is 1. The molecule has 0 atom stereocenters. The van der Waals surface area contributed by atoms with Crippen LogP contribution in [0.25, 0.3) is 5.65 Å². The molecule has 2 aromatic heterocycles. The van der Waals surface area contributed by atoms with E-state index in [1.165, 1.54) is 0 Å². The molecule has 3 heterocycles. The van der Waals surface area contributed by atoms with Crippen LogP contribution in [0.2, 0.25) is 5.15 Å². The highest BCUT2D eigenvalue weighted by Crippen LogP contribution is 2.23. The Morgan fingerprint density at radius 3 is 2.94 bits per heavy atom. The topological polar surface area (TPSA) is 42.7 Å². The molecule has 0 bridgehead atoms. The lowest BCUT2D eigenvalue weighted by molar-refractivity contribution is 0.123. The first-order valence-electron chi connectivity index (χ1n) is 5.17. The zero-order valence-corrected chi connectivity index (χ0v) is 9.39. The largest absolute Gasteiger partial charge is 0.378 e. The molecule has 84 valence electrons. The number of morpholine rings is 1. The zero-order valence-electron chi connectivity index (χ0n) is 8.64. The number of nitrogens with zero attached hydrogens (tertiary/aromatic N) is 4. The molecule has 0 aromatic carbocycles. The van der Waals surface area contributed by atoms with E-state index in [0.717, 1.165) is 37.6 Å². The molecule has 6 heteroatoms. The van der Waals surface area contributed by atoms with Crippen molar-refractivity contribution in [3.05, 3.63) is 23.6 Å². The quantitative estimate of drug-likeness (QED) is 0.749. The molecule has 1 fully saturated rings. The first-order valence-corrected chi connectivity index (χ1v) is 5.55. The van der Waals surface area contributed by atoms with Crippen molar-refractivity contribution in [2.24, 2.45) is 0 Å². The van der Waals surface area contributed by atoms with Gasteiger partial charge in [0.2, 0.25) is 0 Å². The molecule has 16 heavy (non-hydrogen) atoms. The van der Waals surface area contributed by atoms with Crippen LogP contribution >= 0.6 is 11.6 Å². The van der Waals surface area contributed by atoms with Gasteiger partial charge >= 0.3 is 0 Å². The average molecular weight is 239 g/mol. The number of aromatic nitrogens is 3. The Kier molecular flexibility index (Phi) is 2.41. The Morgan fingerprint density at radius 1 is 1.31 bits per heavy atom. The molecule has 5 nitrogen and oxygen atoms in total. The Morgan fingerprint density at radius 2 is 2.12 bits per heavy atom. The summed E-state index contributed by atoms with van der Waals surface area (Å²) in [5.41, 5.74) is 1.86. The molecule has 1 saturated heterocycles. The van der Waals surface area contributed by atoms with E-state index in [2.05, 4.69) is 15.0 Å². The van der Waals surface area contributed by atoms with Crippen LogP contribution in [0.15, 0.2) is 18.5 Å². The molecular weight excluding hydrogens is 228 g/mol. The molecule has 0 spiro atoms. The Hall–Kier alpha value is -1.33. The molecule has 2 aromatic rings. The molecular formula is C10H11ClN4O. The maximum atomic E-state index is 5.98. The number of hydrogen-bond acceptors (Lipinski definition) is 4. The van der Waals surface area contributed by atoms with Crippen molar-refractivity contribution < 1.29 is 4.74 Å². The van der Waals surface area contributed by atoms with Gasteiger partial charge < -0.3 is 9.64 Å². The number of fused-ring (bicyclic) bond motifs is 1. The Labute approximate surface area is 97.6 Å². The summed E-state index contributed by atoms with van der Waals surface area (Å²) in [4.78, 5) is 6.52. The molecule has 0 saturated carbocycles. The minimum Gasteiger partial charge on any atom is -0.378 e. The molecule has 1 aliphatic rings. The summed E-state index contributed by atoms with van der Waals surface area (Å²) in [6, 6.07) is 1.86. The van der Waals surface area contributed by atoms with Crippen LogP contribution in [0, 0.1) is 0 Å². The van der Waals surface area contributed by atoms with Gasteiger partial charge in [0, 0.05) is 31.5 Å². The molecule has 0 amide bonds. The van der Waals surface area contributed by atoms with Crippen LogP contribution in [0.3, 0.4) is 0 Å². The highest BCUT2D eigenvalue weighted by atomic mass is 35.5. The smallest absolute Gasteiger partial charge is 0.177 e. The fourth-order valence-corrected chi connectivity index (χ4v) is 2.09. The number of halogens is 1. The van der Waals surface area contributed by atoms with Gasteiger partial charge in [-0.15, -0.1) is 0 Å². The van der Waals surface area contributed by atoms with E-state index in [-0.39, 0.29) is 0 Å². The monoisotopic (exact) mass is 238 g/mol. The van der Waals surface area contributed by atoms with Gasteiger partial charge in [0.1, 0.15) is 0 Å². The normalized spacial score (nSPS) is 16.9. The Bertz CT molecular complexity index is 506. The van der Waals surface area contributed by atoms with Crippen molar-refractivity contribution in [2.75, 3.05) is 31.2 Å². The summed E-state index contributed by atoms with van der Waals surface area (Å²) in [7, 11) is 0. The van der Waals surface area contributed by atoms with Gasteiger partial charge in [-0.1, -0.05) is 11.6 Å². The highest BCUT2D eigenvalue weighted by Gasteiger charge is 2.16. The predicted molar refractivity (Wildman–Crippen MR) is 61.0 cm³/mol. The van der Waals surface area contributed by atoms with Gasteiger partial charge in [0.15, 0.2) is 10.8 Å². The van der Waals surface area contributed by atoms with Crippen molar-refractivity contribution in [1.29, 1.82) is 0 Å². The SMILES string of the molecule is Clc1cc(N2CCOCC2)c2nccn2n1. The second-order valence-corrected chi connectivity index (χ2v) is 4.03. The third-order valence-electron chi connectivity index (χ3n) is 2.66. The minimum absolute atomic E-state index is 0.479. The fourth-order valence-electron chi connectivity index (χ4n) is 1.91. The Balaban J connectivity index is 2.09. The molecule has 1 aliphatic heterocycles. The van der Waals surface area contributed by atoms with Gasteiger partial charge in [-0.25, -0.2) is 9.50 Å². The minimum atomic E-state index is 0.479. The summed E-state index contributed by atoms with van der Waals surface area (Å²) >= 11 is 5.98. The van der Waals surface area contributed by atoms with Gasteiger partial charge in [0.25, 0.3) is 0 Å². The van der Waals surface area contributed by atoms with E-state index >= 15 is 0 Å². The van der Waals surface area contributed by atoms with Crippen LogP contribution in [0.1, 0.15) is 0 Å². The maximum absolute atomic E-state index is 5.98. The van der Waals surface area contributed by atoms with Crippen molar-refractivity contribution >= 4 is 22.9 Å². The summed E-state index contributed by atoms with van der Waals surface area (Å²) in [5.74, 6) is 0. The number of hydrogen-bond donors (Lipinski definition) is 0. The molecule has 3 rings (SSSR count). The molecule has 0 N–H and O–H groups in total. The van der Waals surface area contributed by atoms with Gasteiger partial charge in [-0.3, -0.25) is 0 Å². The summed E-state index contributed by atoms with van der Waals surface area (Å²) in [5, 5.41) is 4.63. The first kappa shape index (κ1) is 9.86. The number of anilines is 1. The van der Waals surface area contributed by atoms with E-state index < -0.39 is 0 Å². The van der Waals surface area contributed by atoms with Crippen LogP contribution in [0.4, 0.5) is 5.69 Å². The van der Waals surface area contributed by atoms with Crippen LogP contribution < -0.4 is 4.90 Å². The average Bonchev–Trinajstić information content (AvgIpc) is 2.77. The van der Waals surface area contributed by atoms with E-state index in [1.807, 2.05) is 6.07 Å². The lowest BCUT2D eigenvalue weighted by Crippen LogP contribution is -2.36. The maximum Gasteiger partial charge on any atom is 0.177 e.